The average Bonchev–Trinajstić information content (AvgIpc) is 2.55. The highest BCUT2D eigenvalue weighted by molar-refractivity contribution is 5.78. The van der Waals surface area contributed by atoms with Gasteiger partial charge < -0.3 is 15.0 Å². The van der Waals surface area contributed by atoms with E-state index in [9.17, 15) is 9.59 Å². The Kier molecular flexibility index (Phi) is 8.16. The lowest BCUT2D eigenvalue weighted by atomic mass is 10.0. The van der Waals surface area contributed by atoms with Gasteiger partial charge >= 0.3 is 0 Å². The van der Waals surface area contributed by atoms with Gasteiger partial charge in [0.15, 0.2) is 0 Å². The number of para-hydroxylation sites is 1. The number of amides is 2. The minimum atomic E-state index is -0.0207. The van der Waals surface area contributed by atoms with E-state index in [1.165, 1.54) is 6.92 Å². The second-order valence-corrected chi connectivity index (χ2v) is 5.56. The number of carbonyl (C=O) groups excluding carboxylic acids is 2. The van der Waals surface area contributed by atoms with Crippen LogP contribution in [0.4, 0.5) is 0 Å². The minimum absolute atomic E-state index is 0.0207. The van der Waals surface area contributed by atoms with E-state index in [4.69, 9.17) is 4.74 Å². The number of benzene rings is 1. The molecule has 0 atom stereocenters. The summed E-state index contributed by atoms with van der Waals surface area (Å²) < 4.78 is 5.32. The highest BCUT2D eigenvalue weighted by Gasteiger charge is 2.15. The fraction of sp³-hybridized carbons (Fsp3) is 0.556. The van der Waals surface area contributed by atoms with Crippen LogP contribution in [0.3, 0.4) is 0 Å². The highest BCUT2D eigenvalue weighted by Crippen LogP contribution is 2.19. The zero-order chi connectivity index (χ0) is 17.2. The molecule has 5 nitrogen and oxygen atoms in total. The summed E-state index contributed by atoms with van der Waals surface area (Å²) in [5.41, 5.74) is 0.955. The third-order valence-electron chi connectivity index (χ3n) is 4.04. The van der Waals surface area contributed by atoms with Gasteiger partial charge in [0.2, 0.25) is 11.8 Å². The van der Waals surface area contributed by atoms with E-state index in [1.807, 2.05) is 38.1 Å². The first-order valence-electron chi connectivity index (χ1n) is 8.18. The van der Waals surface area contributed by atoms with Crippen LogP contribution >= 0.6 is 0 Å². The maximum absolute atomic E-state index is 12.0. The van der Waals surface area contributed by atoms with Gasteiger partial charge in [-0.3, -0.25) is 9.59 Å². The number of ether oxygens (including phenoxy) is 1. The summed E-state index contributed by atoms with van der Waals surface area (Å²) in [6.45, 7) is 6.98. The molecule has 0 aliphatic rings. The lowest BCUT2D eigenvalue weighted by Gasteiger charge is -2.23. The summed E-state index contributed by atoms with van der Waals surface area (Å²) in [6.07, 6.45) is 1.67. The summed E-state index contributed by atoms with van der Waals surface area (Å²) in [5.74, 6) is 0.860. The second-order valence-electron chi connectivity index (χ2n) is 5.56. The van der Waals surface area contributed by atoms with Gasteiger partial charge in [-0.15, -0.1) is 0 Å². The van der Waals surface area contributed by atoms with Gasteiger partial charge in [0.1, 0.15) is 5.75 Å². The predicted molar refractivity (Wildman–Crippen MR) is 91.2 cm³/mol. The predicted octanol–water partition coefficient (Wildman–Crippen LogP) is 2.60. The minimum Gasteiger partial charge on any atom is -0.496 e. The number of nitrogens with zero attached hydrogens (tertiary/aromatic N) is 1. The second kappa shape index (κ2) is 9.87. The Morgan fingerprint density at radius 2 is 1.87 bits per heavy atom. The zero-order valence-corrected chi connectivity index (χ0v) is 14.6. The molecular weight excluding hydrogens is 292 g/mol. The van der Waals surface area contributed by atoms with Gasteiger partial charge in [-0.2, -0.15) is 0 Å². The molecule has 0 radical (unpaired) electrons. The van der Waals surface area contributed by atoms with Crippen molar-refractivity contribution in [3.05, 3.63) is 29.8 Å². The van der Waals surface area contributed by atoms with Crippen LogP contribution in [0.15, 0.2) is 24.3 Å². The Balaban J connectivity index is 2.59. The lowest BCUT2D eigenvalue weighted by molar-refractivity contribution is -0.130. The van der Waals surface area contributed by atoms with E-state index in [1.54, 1.807) is 12.0 Å². The van der Waals surface area contributed by atoms with Crippen molar-refractivity contribution in [1.82, 2.24) is 10.2 Å². The van der Waals surface area contributed by atoms with Crippen LogP contribution in [0.2, 0.25) is 0 Å². The summed E-state index contributed by atoms with van der Waals surface area (Å²) >= 11 is 0. The molecule has 0 saturated carbocycles. The molecule has 0 saturated heterocycles. The van der Waals surface area contributed by atoms with Crippen LogP contribution in [-0.4, -0.2) is 36.9 Å². The first-order valence-corrected chi connectivity index (χ1v) is 8.18. The standard InChI is InChI=1S/C18H28N2O3/c1-5-15(6-2)18(22)19-11-12-20(14(3)21)13-16-9-7-8-10-17(16)23-4/h7-10,15H,5-6,11-13H2,1-4H3,(H,19,22). The molecule has 1 aromatic rings. The Bertz CT molecular complexity index is 513. The molecule has 1 rings (SSSR count). The smallest absolute Gasteiger partial charge is 0.223 e. The van der Waals surface area contributed by atoms with Crippen molar-refractivity contribution in [1.29, 1.82) is 0 Å². The van der Waals surface area contributed by atoms with Crippen molar-refractivity contribution in [2.75, 3.05) is 20.2 Å². The molecule has 0 aliphatic heterocycles. The number of hydrogen-bond acceptors (Lipinski definition) is 3. The lowest BCUT2D eigenvalue weighted by Crippen LogP contribution is -2.39. The van der Waals surface area contributed by atoms with Gasteiger partial charge in [0.05, 0.1) is 7.11 Å². The first-order chi connectivity index (χ1) is 11.0. The molecule has 2 amide bonds. The Labute approximate surface area is 139 Å². The quantitative estimate of drug-likeness (QED) is 0.761. The molecule has 128 valence electrons. The molecule has 1 N–H and O–H groups in total. The van der Waals surface area contributed by atoms with Crippen LogP contribution < -0.4 is 10.1 Å². The third-order valence-corrected chi connectivity index (χ3v) is 4.04. The van der Waals surface area contributed by atoms with Crippen LogP contribution in [0.5, 0.6) is 5.75 Å². The molecule has 0 aliphatic carbocycles. The van der Waals surface area contributed by atoms with E-state index in [0.717, 1.165) is 24.2 Å². The van der Waals surface area contributed by atoms with E-state index >= 15 is 0 Å². The summed E-state index contributed by atoms with van der Waals surface area (Å²) in [5, 5.41) is 2.92. The molecule has 0 unspecified atom stereocenters. The molecule has 0 aromatic heterocycles. The van der Waals surface area contributed by atoms with Gasteiger partial charge in [0, 0.05) is 38.0 Å². The number of nitrogens with one attached hydrogen (secondary N) is 1. The Morgan fingerprint density at radius 1 is 1.22 bits per heavy atom. The van der Waals surface area contributed by atoms with Crippen LogP contribution in [-0.2, 0) is 16.1 Å². The molecule has 0 spiro atoms. The van der Waals surface area contributed by atoms with E-state index in [2.05, 4.69) is 5.32 Å². The van der Waals surface area contributed by atoms with Crippen LogP contribution in [0.25, 0.3) is 0 Å². The van der Waals surface area contributed by atoms with E-state index in [-0.39, 0.29) is 17.7 Å². The fourth-order valence-corrected chi connectivity index (χ4v) is 2.50. The zero-order valence-electron chi connectivity index (χ0n) is 14.6. The molecule has 5 heteroatoms. The van der Waals surface area contributed by atoms with E-state index in [0.29, 0.717) is 19.6 Å². The molecule has 23 heavy (non-hydrogen) atoms. The maximum Gasteiger partial charge on any atom is 0.223 e. The normalized spacial score (nSPS) is 10.5. The molecule has 0 fully saturated rings. The monoisotopic (exact) mass is 320 g/mol. The fourth-order valence-electron chi connectivity index (χ4n) is 2.50. The number of rotatable bonds is 9. The van der Waals surface area contributed by atoms with Crippen molar-refractivity contribution >= 4 is 11.8 Å². The Morgan fingerprint density at radius 3 is 2.43 bits per heavy atom. The van der Waals surface area contributed by atoms with Crippen LogP contribution in [0.1, 0.15) is 39.2 Å². The molecule has 0 heterocycles. The highest BCUT2D eigenvalue weighted by atomic mass is 16.5. The van der Waals surface area contributed by atoms with Crippen LogP contribution in [0, 0.1) is 5.92 Å². The summed E-state index contributed by atoms with van der Waals surface area (Å²) in [6, 6.07) is 7.64. The summed E-state index contributed by atoms with van der Waals surface area (Å²) in [7, 11) is 1.62. The molecule has 0 bridgehead atoms. The van der Waals surface area contributed by atoms with Gasteiger partial charge in [-0.25, -0.2) is 0 Å². The van der Waals surface area contributed by atoms with Gasteiger partial charge in [0.25, 0.3) is 0 Å². The number of methoxy groups -OCH3 is 1. The summed E-state index contributed by atoms with van der Waals surface area (Å²) in [4.78, 5) is 25.5. The topological polar surface area (TPSA) is 58.6 Å². The van der Waals surface area contributed by atoms with Gasteiger partial charge in [-0.05, 0) is 18.9 Å². The van der Waals surface area contributed by atoms with Crippen molar-refractivity contribution < 1.29 is 14.3 Å². The van der Waals surface area contributed by atoms with Gasteiger partial charge in [-0.1, -0.05) is 32.0 Å². The van der Waals surface area contributed by atoms with Crippen molar-refractivity contribution in [3.8, 4) is 5.75 Å². The number of carbonyl (C=O) groups is 2. The SMILES string of the molecule is CCC(CC)C(=O)NCCN(Cc1ccccc1OC)C(C)=O. The van der Waals surface area contributed by atoms with Crippen molar-refractivity contribution in [2.45, 2.75) is 40.2 Å². The third kappa shape index (κ3) is 5.93. The number of hydrogen-bond donors (Lipinski definition) is 1. The molecule has 1 aromatic carbocycles. The van der Waals surface area contributed by atoms with Crippen molar-refractivity contribution in [2.24, 2.45) is 5.92 Å². The van der Waals surface area contributed by atoms with E-state index < -0.39 is 0 Å². The van der Waals surface area contributed by atoms with Crippen molar-refractivity contribution in [3.63, 3.8) is 0 Å². The maximum atomic E-state index is 12.0. The largest absolute Gasteiger partial charge is 0.496 e. The Hall–Kier alpha value is -2.04. The first kappa shape index (κ1) is 19.0. The average molecular weight is 320 g/mol. The molecular formula is C18H28N2O3.